The molecular formula is C18H31N3. The Labute approximate surface area is 130 Å². The molecule has 0 aromatic heterocycles. The van der Waals surface area contributed by atoms with E-state index in [0.717, 1.165) is 6.54 Å². The van der Waals surface area contributed by atoms with Crippen molar-refractivity contribution in [1.29, 1.82) is 0 Å². The van der Waals surface area contributed by atoms with E-state index in [1.165, 1.54) is 43.6 Å². The summed E-state index contributed by atoms with van der Waals surface area (Å²) in [5.74, 6) is 0. The third-order valence-electron chi connectivity index (χ3n) is 4.54. The Bertz CT molecular complexity index is 411. The van der Waals surface area contributed by atoms with Gasteiger partial charge in [-0.05, 0) is 63.9 Å². The van der Waals surface area contributed by atoms with Crippen molar-refractivity contribution in [2.45, 2.75) is 51.7 Å². The largest absolute Gasteiger partial charge is 0.378 e. The smallest absolute Gasteiger partial charge is 0.0361 e. The zero-order chi connectivity index (χ0) is 15.2. The Balaban J connectivity index is 1.80. The van der Waals surface area contributed by atoms with Gasteiger partial charge in [-0.3, -0.25) is 0 Å². The van der Waals surface area contributed by atoms with Crippen LogP contribution >= 0.6 is 0 Å². The van der Waals surface area contributed by atoms with Crippen LogP contribution < -0.4 is 10.2 Å². The molecule has 0 saturated carbocycles. The molecule has 0 radical (unpaired) electrons. The molecule has 1 N–H and O–H groups in total. The highest BCUT2D eigenvalue weighted by molar-refractivity contribution is 5.45. The lowest BCUT2D eigenvalue weighted by molar-refractivity contribution is 0.229. The molecule has 21 heavy (non-hydrogen) atoms. The lowest BCUT2D eigenvalue weighted by atomic mass is 10.1. The van der Waals surface area contributed by atoms with E-state index in [2.05, 4.69) is 67.3 Å². The lowest BCUT2D eigenvalue weighted by Crippen LogP contribution is -2.33. The standard InChI is InChI=1S/C18H31N3/c1-15(2)21-12-5-6-17(11-13-21)19-14-16-7-9-18(10-8-16)20(3)4/h7-10,15,17,19H,5-6,11-14H2,1-4H3. The summed E-state index contributed by atoms with van der Waals surface area (Å²) in [5, 5.41) is 3.75. The van der Waals surface area contributed by atoms with Gasteiger partial charge in [-0.1, -0.05) is 12.1 Å². The first-order valence-corrected chi connectivity index (χ1v) is 8.30. The minimum Gasteiger partial charge on any atom is -0.378 e. The van der Waals surface area contributed by atoms with Gasteiger partial charge in [0, 0.05) is 38.4 Å². The quantitative estimate of drug-likeness (QED) is 0.898. The number of rotatable bonds is 5. The fraction of sp³-hybridized carbons (Fsp3) is 0.667. The SMILES string of the molecule is CC(C)N1CCCC(NCc2ccc(N(C)C)cc2)CC1. The Morgan fingerprint density at radius 3 is 2.48 bits per heavy atom. The third-order valence-corrected chi connectivity index (χ3v) is 4.54. The molecule has 1 aromatic carbocycles. The molecule has 0 bridgehead atoms. The molecule has 118 valence electrons. The molecule has 1 aliphatic heterocycles. The minimum absolute atomic E-state index is 0.669. The molecule has 2 rings (SSSR count). The van der Waals surface area contributed by atoms with E-state index in [1.807, 2.05) is 0 Å². The maximum absolute atomic E-state index is 3.75. The van der Waals surface area contributed by atoms with Crippen molar-refractivity contribution in [2.24, 2.45) is 0 Å². The number of benzene rings is 1. The summed E-state index contributed by atoms with van der Waals surface area (Å²) >= 11 is 0. The summed E-state index contributed by atoms with van der Waals surface area (Å²) < 4.78 is 0. The van der Waals surface area contributed by atoms with Gasteiger partial charge in [0.05, 0.1) is 0 Å². The molecule has 1 unspecified atom stereocenters. The number of hydrogen-bond acceptors (Lipinski definition) is 3. The van der Waals surface area contributed by atoms with Crippen LogP contribution in [-0.2, 0) is 6.54 Å². The lowest BCUT2D eigenvalue weighted by Gasteiger charge is -2.24. The van der Waals surface area contributed by atoms with Gasteiger partial charge in [0.15, 0.2) is 0 Å². The molecule has 1 saturated heterocycles. The summed E-state index contributed by atoms with van der Waals surface area (Å²) in [4.78, 5) is 4.75. The van der Waals surface area contributed by atoms with Crippen LogP contribution in [0.25, 0.3) is 0 Å². The van der Waals surface area contributed by atoms with Crippen LogP contribution in [-0.4, -0.2) is 44.2 Å². The van der Waals surface area contributed by atoms with Crippen molar-refractivity contribution in [2.75, 3.05) is 32.1 Å². The molecule has 1 aromatic rings. The average molecular weight is 289 g/mol. The molecule has 1 fully saturated rings. The molecule has 3 heteroatoms. The fourth-order valence-electron chi connectivity index (χ4n) is 3.01. The molecule has 1 atom stereocenters. The Morgan fingerprint density at radius 1 is 1.14 bits per heavy atom. The summed E-state index contributed by atoms with van der Waals surface area (Å²) in [7, 11) is 4.17. The molecule has 0 spiro atoms. The van der Waals surface area contributed by atoms with Crippen molar-refractivity contribution in [3.8, 4) is 0 Å². The van der Waals surface area contributed by atoms with Gasteiger partial charge in [0.2, 0.25) is 0 Å². The zero-order valence-corrected chi connectivity index (χ0v) is 14.1. The molecule has 3 nitrogen and oxygen atoms in total. The van der Waals surface area contributed by atoms with E-state index in [9.17, 15) is 0 Å². The molecule has 0 aliphatic carbocycles. The van der Waals surface area contributed by atoms with Gasteiger partial charge in [-0.25, -0.2) is 0 Å². The fourth-order valence-corrected chi connectivity index (χ4v) is 3.01. The first kappa shape index (κ1) is 16.3. The van der Waals surface area contributed by atoms with Gasteiger partial charge in [-0.2, -0.15) is 0 Å². The van der Waals surface area contributed by atoms with E-state index in [4.69, 9.17) is 0 Å². The van der Waals surface area contributed by atoms with E-state index < -0.39 is 0 Å². The summed E-state index contributed by atoms with van der Waals surface area (Å²) in [6.07, 6.45) is 3.89. The Hall–Kier alpha value is -1.06. The van der Waals surface area contributed by atoms with Gasteiger partial charge >= 0.3 is 0 Å². The van der Waals surface area contributed by atoms with Crippen molar-refractivity contribution in [3.63, 3.8) is 0 Å². The molecular weight excluding hydrogens is 258 g/mol. The summed E-state index contributed by atoms with van der Waals surface area (Å²) in [5.41, 5.74) is 2.64. The van der Waals surface area contributed by atoms with Crippen LogP contribution in [0.15, 0.2) is 24.3 Å². The van der Waals surface area contributed by atoms with Crippen molar-refractivity contribution in [1.82, 2.24) is 10.2 Å². The van der Waals surface area contributed by atoms with Crippen LogP contribution in [0.3, 0.4) is 0 Å². The second-order valence-electron chi connectivity index (χ2n) is 6.70. The van der Waals surface area contributed by atoms with E-state index in [-0.39, 0.29) is 0 Å². The highest BCUT2D eigenvalue weighted by Crippen LogP contribution is 2.15. The van der Waals surface area contributed by atoms with Crippen molar-refractivity contribution >= 4 is 5.69 Å². The molecule has 0 amide bonds. The van der Waals surface area contributed by atoms with Gasteiger partial charge in [0.25, 0.3) is 0 Å². The average Bonchev–Trinajstić information content (AvgIpc) is 2.71. The van der Waals surface area contributed by atoms with E-state index in [0.29, 0.717) is 12.1 Å². The van der Waals surface area contributed by atoms with Crippen molar-refractivity contribution < 1.29 is 0 Å². The highest BCUT2D eigenvalue weighted by atomic mass is 15.1. The van der Waals surface area contributed by atoms with E-state index >= 15 is 0 Å². The second kappa shape index (κ2) is 7.81. The van der Waals surface area contributed by atoms with Crippen LogP contribution in [0.1, 0.15) is 38.7 Å². The maximum Gasteiger partial charge on any atom is 0.0361 e. The third kappa shape index (κ3) is 5.01. The second-order valence-corrected chi connectivity index (χ2v) is 6.70. The van der Waals surface area contributed by atoms with Crippen LogP contribution in [0, 0.1) is 0 Å². The van der Waals surface area contributed by atoms with Crippen LogP contribution in [0.2, 0.25) is 0 Å². The van der Waals surface area contributed by atoms with Gasteiger partial charge < -0.3 is 15.1 Å². The monoisotopic (exact) mass is 289 g/mol. The normalized spacial score (nSPS) is 20.5. The number of hydrogen-bond donors (Lipinski definition) is 1. The number of nitrogens with one attached hydrogen (secondary N) is 1. The van der Waals surface area contributed by atoms with E-state index in [1.54, 1.807) is 0 Å². The topological polar surface area (TPSA) is 18.5 Å². The van der Waals surface area contributed by atoms with Gasteiger partial charge in [0.1, 0.15) is 0 Å². The predicted molar refractivity (Wildman–Crippen MR) is 92.0 cm³/mol. The summed E-state index contributed by atoms with van der Waals surface area (Å²) in [6, 6.07) is 10.2. The zero-order valence-electron chi connectivity index (χ0n) is 14.1. The summed E-state index contributed by atoms with van der Waals surface area (Å²) in [6.45, 7) is 8.09. The Kier molecular flexibility index (Phi) is 6.07. The van der Waals surface area contributed by atoms with Gasteiger partial charge in [-0.15, -0.1) is 0 Å². The number of anilines is 1. The molecule has 1 aliphatic rings. The van der Waals surface area contributed by atoms with Crippen molar-refractivity contribution in [3.05, 3.63) is 29.8 Å². The predicted octanol–water partition coefficient (Wildman–Crippen LogP) is 3.11. The first-order chi connectivity index (χ1) is 10.1. The van der Waals surface area contributed by atoms with Crippen LogP contribution in [0.5, 0.6) is 0 Å². The minimum atomic E-state index is 0.669. The maximum atomic E-state index is 3.75. The van der Waals surface area contributed by atoms with Crippen LogP contribution in [0.4, 0.5) is 5.69 Å². The number of likely N-dealkylation sites (tertiary alicyclic amines) is 1. The first-order valence-electron chi connectivity index (χ1n) is 8.30. The Morgan fingerprint density at radius 2 is 1.86 bits per heavy atom. The number of nitrogens with zero attached hydrogens (tertiary/aromatic N) is 2. The molecule has 1 heterocycles. The highest BCUT2D eigenvalue weighted by Gasteiger charge is 2.18.